The van der Waals surface area contributed by atoms with Crippen molar-refractivity contribution in [2.45, 2.75) is 6.92 Å². The van der Waals surface area contributed by atoms with Crippen LogP contribution in [0.3, 0.4) is 0 Å². The molecule has 0 aliphatic heterocycles. The van der Waals surface area contributed by atoms with Crippen LogP contribution in [0.5, 0.6) is 11.6 Å². The molecule has 0 bridgehead atoms. The number of rotatable bonds is 7. The number of nitrogens with one attached hydrogen (secondary N) is 2. The number of nitrogens with zero attached hydrogens (tertiary/aromatic N) is 1. The lowest BCUT2D eigenvalue weighted by Gasteiger charge is -2.11. The molecule has 27 heavy (non-hydrogen) atoms. The van der Waals surface area contributed by atoms with E-state index in [2.05, 4.69) is 16.0 Å². The van der Waals surface area contributed by atoms with Crippen LogP contribution < -0.4 is 20.3 Å². The van der Waals surface area contributed by atoms with Crippen molar-refractivity contribution in [1.82, 2.24) is 16.0 Å². The Hall–Kier alpha value is -3.27. The standard InChI is InChI=1S/C16H16ClN3O7/c1-9-5-14(20-27-9)25-8-15(22)26-7-13(21)18-19-16(23)11-6-10(17)3-4-12(11)24-2/h3-6H,7-8H2,1-2H3,(H,18,21)(H,19,23). The lowest BCUT2D eigenvalue weighted by atomic mass is 10.2. The number of benzene rings is 1. The van der Waals surface area contributed by atoms with Crippen molar-refractivity contribution in [2.75, 3.05) is 20.3 Å². The highest BCUT2D eigenvalue weighted by Gasteiger charge is 2.15. The van der Waals surface area contributed by atoms with Crippen LogP contribution >= 0.6 is 11.6 Å². The summed E-state index contributed by atoms with van der Waals surface area (Å²) in [6.07, 6.45) is 0. The molecule has 1 heterocycles. The van der Waals surface area contributed by atoms with E-state index in [4.69, 9.17) is 30.3 Å². The molecule has 144 valence electrons. The average Bonchev–Trinajstić information content (AvgIpc) is 3.07. The van der Waals surface area contributed by atoms with Gasteiger partial charge < -0.3 is 18.7 Å². The number of hydrogen-bond donors (Lipinski definition) is 2. The van der Waals surface area contributed by atoms with E-state index in [1.807, 2.05) is 0 Å². The smallest absolute Gasteiger partial charge is 0.344 e. The number of aromatic nitrogens is 1. The molecule has 1 aromatic heterocycles. The highest BCUT2D eigenvalue weighted by molar-refractivity contribution is 6.31. The van der Waals surface area contributed by atoms with Crippen molar-refractivity contribution in [3.63, 3.8) is 0 Å². The number of hydrogen-bond acceptors (Lipinski definition) is 8. The third-order valence-corrected chi connectivity index (χ3v) is 3.27. The summed E-state index contributed by atoms with van der Waals surface area (Å²) in [4.78, 5) is 35.2. The van der Waals surface area contributed by atoms with Crippen LogP contribution in [0.1, 0.15) is 16.1 Å². The molecular weight excluding hydrogens is 382 g/mol. The minimum absolute atomic E-state index is 0.122. The summed E-state index contributed by atoms with van der Waals surface area (Å²) in [5, 5.41) is 3.85. The molecule has 2 N–H and O–H groups in total. The number of methoxy groups -OCH3 is 1. The zero-order valence-electron chi connectivity index (χ0n) is 14.4. The SMILES string of the molecule is COc1ccc(Cl)cc1C(=O)NNC(=O)COC(=O)COc1cc(C)on1. The van der Waals surface area contributed by atoms with Crippen LogP contribution in [0.2, 0.25) is 5.02 Å². The number of ether oxygens (including phenoxy) is 3. The normalized spacial score (nSPS) is 10.0. The van der Waals surface area contributed by atoms with Crippen molar-refractivity contribution in [3.05, 3.63) is 40.6 Å². The molecule has 2 rings (SSSR count). The summed E-state index contributed by atoms with van der Waals surface area (Å²) in [5.41, 5.74) is 4.39. The average molecular weight is 398 g/mol. The Bertz CT molecular complexity index is 837. The lowest BCUT2D eigenvalue weighted by Crippen LogP contribution is -2.43. The number of esters is 1. The Morgan fingerprint density at radius 1 is 1.19 bits per heavy atom. The maximum atomic E-state index is 12.1. The highest BCUT2D eigenvalue weighted by Crippen LogP contribution is 2.22. The summed E-state index contributed by atoms with van der Waals surface area (Å²) in [6.45, 7) is 0.591. The van der Waals surface area contributed by atoms with Gasteiger partial charge in [-0.05, 0) is 30.3 Å². The zero-order chi connectivity index (χ0) is 19.8. The van der Waals surface area contributed by atoms with Crippen LogP contribution in [0, 0.1) is 6.92 Å². The minimum Gasteiger partial charge on any atom is -0.496 e. The molecule has 0 radical (unpaired) electrons. The Labute approximate surface area is 158 Å². The van der Waals surface area contributed by atoms with Gasteiger partial charge in [0.05, 0.1) is 12.7 Å². The van der Waals surface area contributed by atoms with Gasteiger partial charge in [0.15, 0.2) is 13.2 Å². The van der Waals surface area contributed by atoms with E-state index >= 15 is 0 Å². The minimum atomic E-state index is -0.798. The predicted molar refractivity (Wildman–Crippen MR) is 91.3 cm³/mol. The third kappa shape index (κ3) is 6.19. The summed E-state index contributed by atoms with van der Waals surface area (Å²) < 4.78 is 19.5. The van der Waals surface area contributed by atoms with Crippen LogP contribution in [-0.4, -0.2) is 43.3 Å². The van der Waals surface area contributed by atoms with E-state index < -0.39 is 31.0 Å². The first-order valence-electron chi connectivity index (χ1n) is 7.53. The number of halogens is 1. The second kappa shape index (κ2) is 9.43. The molecule has 0 atom stereocenters. The van der Waals surface area contributed by atoms with E-state index in [0.29, 0.717) is 10.8 Å². The Morgan fingerprint density at radius 3 is 2.63 bits per heavy atom. The van der Waals surface area contributed by atoms with Gasteiger partial charge in [-0.3, -0.25) is 20.4 Å². The van der Waals surface area contributed by atoms with Gasteiger partial charge >= 0.3 is 5.97 Å². The van der Waals surface area contributed by atoms with Gasteiger partial charge in [-0.25, -0.2) is 4.79 Å². The second-order valence-electron chi connectivity index (χ2n) is 5.07. The predicted octanol–water partition coefficient (Wildman–Crippen LogP) is 1.03. The van der Waals surface area contributed by atoms with E-state index in [1.54, 1.807) is 13.0 Å². The van der Waals surface area contributed by atoms with Gasteiger partial charge in [0, 0.05) is 11.1 Å². The molecule has 2 amide bonds. The van der Waals surface area contributed by atoms with E-state index in [1.165, 1.54) is 25.3 Å². The molecule has 0 fully saturated rings. The third-order valence-electron chi connectivity index (χ3n) is 3.03. The number of hydrazine groups is 1. The molecule has 0 saturated carbocycles. The highest BCUT2D eigenvalue weighted by atomic mass is 35.5. The Balaban J connectivity index is 1.73. The zero-order valence-corrected chi connectivity index (χ0v) is 15.2. The molecule has 0 saturated heterocycles. The van der Waals surface area contributed by atoms with E-state index in [0.717, 1.165) is 0 Å². The number of amides is 2. The number of carbonyl (C=O) groups is 3. The quantitative estimate of drug-likeness (QED) is 0.523. The molecule has 0 unspecified atom stereocenters. The van der Waals surface area contributed by atoms with Gasteiger partial charge in [0.2, 0.25) is 0 Å². The van der Waals surface area contributed by atoms with Gasteiger partial charge in [0.25, 0.3) is 17.7 Å². The van der Waals surface area contributed by atoms with Crippen molar-refractivity contribution in [3.8, 4) is 11.6 Å². The molecule has 2 aromatic rings. The maximum Gasteiger partial charge on any atom is 0.344 e. The van der Waals surface area contributed by atoms with E-state index in [-0.39, 0.29) is 17.2 Å². The summed E-state index contributed by atoms with van der Waals surface area (Å²) in [6, 6.07) is 5.93. The number of carbonyl (C=O) groups excluding carboxylic acids is 3. The van der Waals surface area contributed by atoms with Crippen molar-refractivity contribution in [1.29, 1.82) is 0 Å². The van der Waals surface area contributed by atoms with Crippen LogP contribution in [0.15, 0.2) is 28.8 Å². The fraction of sp³-hybridized carbons (Fsp3) is 0.250. The van der Waals surface area contributed by atoms with Crippen molar-refractivity contribution in [2.24, 2.45) is 0 Å². The number of aryl methyl sites for hydroxylation is 1. The van der Waals surface area contributed by atoms with Crippen molar-refractivity contribution >= 4 is 29.4 Å². The summed E-state index contributed by atoms with van der Waals surface area (Å²) >= 11 is 5.84. The van der Waals surface area contributed by atoms with Gasteiger partial charge in [0.1, 0.15) is 11.5 Å². The Kier molecular flexibility index (Phi) is 7.00. The monoisotopic (exact) mass is 397 g/mol. The van der Waals surface area contributed by atoms with Gasteiger partial charge in [-0.2, -0.15) is 0 Å². The first kappa shape index (κ1) is 20.0. The fourth-order valence-corrected chi connectivity index (χ4v) is 1.99. The molecule has 11 heteroatoms. The molecular formula is C16H16ClN3O7. The largest absolute Gasteiger partial charge is 0.496 e. The first-order chi connectivity index (χ1) is 12.9. The van der Waals surface area contributed by atoms with Crippen LogP contribution in [-0.2, 0) is 14.3 Å². The topological polar surface area (TPSA) is 129 Å². The fourth-order valence-electron chi connectivity index (χ4n) is 1.82. The molecule has 0 spiro atoms. The van der Waals surface area contributed by atoms with Crippen LogP contribution in [0.25, 0.3) is 0 Å². The molecule has 0 aliphatic rings. The molecule has 1 aromatic carbocycles. The van der Waals surface area contributed by atoms with E-state index in [9.17, 15) is 14.4 Å². The Morgan fingerprint density at radius 2 is 1.96 bits per heavy atom. The lowest BCUT2D eigenvalue weighted by molar-refractivity contribution is -0.150. The molecule has 0 aliphatic carbocycles. The maximum absolute atomic E-state index is 12.1. The second-order valence-corrected chi connectivity index (χ2v) is 5.51. The van der Waals surface area contributed by atoms with Gasteiger partial charge in [-0.1, -0.05) is 11.6 Å². The van der Waals surface area contributed by atoms with Crippen LogP contribution in [0.4, 0.5) is 0 Å². The molecule has 10 nitrogen and oxygen atoms in total. The first-order valence-corrected chi connectivity index (χ1v) is 7.91. The summed E-state index contributed by atoms with van der Waals surface area (Å²) in [5.74, 6) is -1.29. The summed E-state index contributed by atoms with van der Waals surface area (Å²) in [7, 11) is 1.39. The van der Waals surface area contributed by atoms with Crippen molar-refractivity contribution < 1.29 is 33.1 Å². The van der Waals surface area contributed by atoms with Gasteiger partial charge in [-0.15, -0.1) is 0 Å².